The first-order valence-corrected chi connectivity index (χ1v) is 5.97. The van der Waals surface area contributed by atoms with Crippen molar-refractivity contribution in [2.45, 2.75) is 39.3 Å². The molecule has 0 radical (unpaired) electrons. The molecular weight excluding hydrogens is 233 g/mol. The maximum atomic E-state index is 13.0. The lowest BCUT2D eigenvalue weighted by Crippen LogP contribution is -2.33. The zero-order chi connectivity index (χ0) is 13.8. The summed E-state index contributed by atoms with van der Waals surface area (Å²) in [4.78, 5) is 11.6. The van der Waals surface area contributed by atoms with E-state index in [-0.39, 0.29) is 30.0 Å². The highest BCUT2D eigenvalue weighted by molar-refractivity contribution is 5.77. The number of carbonyl (C=O) groups excluding carboxylic acids is 1. The highest BCUT2D eigenvalue weighted by atomic mass is 19.1. The van der Waals surface area contributed by atoms with Gasteiger partial charge in [-0.05, 0) is 45.4 Å². The summed E-state index contributed by atoms with van der Waals surface area (Å²) in [6, 6.07) is 5.95. The van der Waals surface area contributed by atoms with Gasteiger partial charge in [0.2, 0.25) is 5.91 Å². The molecule has 1 aromatic carbocycles. The van der Waals surface area contributed by atoms with Gasteiger partial charge in [-0.25, -0.2) is 4.39 Å². The Morgan fingerprint density at radius 2 is 2.11 bits per heavy atom. The quantitative estimate of drug-likeness (QED) is 0.896. The molecule has 0 spiro atoms. The molecule has 0 saturated heterocycles. The Hall–Kier alpha value is -1.42. The number of carbonyl (C=O) groups is 1. The Bertz CT molecular complexity index is 413. The predicted molar refractivity (Wildman–Crippen MR) is 68.7 cm³/mol. The Kier molecular flexibility index (Phi) is 4.84. The van der Waals surface area contributed by atoms with E-state index >= 15 is 0 Å². The van der Waals surface area contributed by atoms with Crippen LogP contribution in [0.1, 0.15) is 39.3 Å². The first-order valence-electron chi connectivity index (χ1n) is 5.97. The van der Waals surface area contributed by atoms with Gasteiger partial charge >= 0.3 is 0 Å². The van der Waals surface area contributed by atoms with Crippen LogP contribution >= 0.6 is 0 Å². The van der Waals surface area contributed by atoms with Crippen LogP contribution in [0.4, 0.5) is 4.39 Å². The van der Waals surface area contributed by atoms with Crippen molar-refractivity contribution in [1.82, 2.24) is 5.32 Å². The van der Waals surface area contributed by atoms with E-state index in [0.29, 0.717) is 0 Å². The molecule has 1 atom stereocenters. The van der Waals surface area contributed by atoms with Crippen LogP contribution < -0.4 is 5.32 Å². The Balaban J connectivity index is 2.50. The van der Waals surface area contributed by atoms with Crippen molar-refractivity contribution in [3.05, 3.63) is 35.6 Å². The summed E-state index contributed by atoms with van der Waals surface area (Å²) in [6.07, 6.45) is 0. The molecule has 0 heterocycles. The number of nitrogens with one attached hydrogen (secondary N) is 1. The molecule has 0 aromatic heterocycles. The molecular formula is C14H20FNO2. The summed E-state index contributed by atoms with van der Waals surface area (Å²) < 4.78 is 18.4. The van der Waals surface area contributed by atoms with Crippen LogP contribution in [0.15, 0.2) is 24.3 Å². The van der Waals surface area contributed by atoms with Gasteiger partial charge in [0.05, 0.1) is 11.6 Å². The van der Waals surface area contributed by atoms with Gasteiger partial charge in [0, 0.05) is 0 Å². The third kappa shape index (κ3) is 5.27. The molecule has 100 valence electrons. The van der Waals surface area contributed by atoms with E-state index in [2.05, 4.69) is 5.32 Å². The minimum absolute atomic E-state index is 0.00313. The van der Waals surface area contributed by atoms with Crippen molar-refractivity contribution >= 4 is 5.91 Å². The van der Waals surface area contributed by atoms with E-state index in [4.69, 9.17) is 4.74 Å². The highest BCUT2D eigenvalue weighted by Crippen LogP contribution is 2.13. The SMILES string of the molecule is C[C@H](NC(=O)COC(C)(C)C)c1cccc(F)c1. The van der Waals surface area contributed by atoms with Gasteiger partial charge in [0.25, 0.3) is 0 Å². The third-order valence-corrected chi connectivity index (χ3v) is 2.36. The predicted octanol–water partition coefficient (Wildman–Crippen LogP) is 2.82. The molecule has 0 fully saturated rings. The van der Waals surface area contributed by atoms with E-state index in [1.165, 1.54) is 12.1 Å². The van der Waals surface area contributed by atoms with Gasteiger partial charge in [0.15, 0.2) is 0 Å². The van der Waals surface area contributed by atoms with Crippen LogP contribution in [0, 0.1) is 5.82 Å². The molecule has 1 N–H and O–H groups in total. The normalized spacial score (nSPS) is 13.2. The van der Waals surface area contributed by atoms with E-state index in [9.17, 15) is 9.18 Å². The van der Waals surface area contributed by atoms with Crippen LogP contribution in [0.2, 0.25) is 0 Å². The van der Waals surface area contributed by atoms with Crippen molar-refractivity contribution in [3.63, 3.8) is 0 Å². The van der Waals surface area contributed by atoms with Crippen LogP contribution in [-0.4, -0.2) is 18.1 Å². The number of hydrogen-bond acceptors (Lipinski definition) is 2. The van der Waals surface area contributed by atoms with E-state index in [0.717, 1.165) is 5.56 Å². The lowest BCUT2D eigenvalue weighted by atomic mass is 10.1. The van der Waals surface area contributed by atoms with E-state index < -0.39 is 0 Å². The summed E-state index contributed by atoms with van der Waals surface area (Å²) in [5.74, 6) is -0.513. The molecule has 1 aromatic rings. The van der Waals surface area contributed by atoms with Crippen molar-refractivity contribution in [2.24, 2.45) is 0 Å². The van der Waals surface area contributed by atoms with Crippen LogP contribution in [0.3, 0.4) is 0 Å². The molecule has 0 aliphatic heterocycles. The minimum atomic E-state index is -0.348. The molecule has 0 aliphatic carbocycles. The molecule has 0 aliphatic rings. The third-order valence-electron chi connectivity index (χ3n) is 2.36. The second-order valence-electron chi connectivity index (χ2n) is 5.25. The molecule has 1 rings (SSSR count). The van der Waals surface area contributed by atoms with Crippen molar-refractivity contribution in [2.75, 3.05) is 6.61 Å². The first-order chi connectivity index (χ1) is 8.28. The average Bonchev–Trinajstić information content (AvgIpc) is 2.25. The van der Waals surface area contributed by atoms with Crippen LogP contribution in [0.25, 0.3) is 0 Å². The van der Waals surface area contributed by atoms with Gasteiger partial charge in [-0.15, -0.1) is 0 Å². The maximum Gasteiger partial charge on any atom is 0.246 e. The molecule has 1 amide bonds. The van der Waals surface area contributed by atoms with Crippen molar-refractivity contribution < 1.29 is 13.9 Å². The summed E-state index contributed by atoms with van der Waals surface area (Å²) in [5.41, 5.74) is 0.388. The minimum Gasteiger partial charge on any atom is -0.366 e. The number of amides is 1. The summed E-state index contributed by atoms with van der Waals surface area (Å²) in [5, 5.41) is 2.77. The topological polar surface area (TPSA) is 38.3 Å². The lowest BCUT2D eigenvalue weighted by molar-refractivity contribution is -0.131. The number of halogens is 1. The Morgan fingerprint density at radius 1 is 1.44 bits per heavy atom. The molecule has 0 bridgehead atoms. The second-order valence-corrected chi connectivity index (χ2v) is 5.25. The van der Waals surface area contributed by atoms with Gasteiger partial charge < -0.3 is 10.1 Å². The van der Waals surface area contributed by atoms with Crippen molar-refractivity contribution in [3.8, 4) is 0 Å². The Labute approximate surface area is 107 Å². The van der Waals surface area contributed by atoms with Crippen LogP contribution in [-0.2, 0) is 9.53 Å². The van der Waals surface area contributed by atoms with E-state index in [1.807, 2.05) is 27.7 Å². The molecule has 18 heavy (non-hydrogen) atoms. The van der Waals surface area contributed by atoms with Crippen LogP contribution in [0.5, 0.6) is 0 Å². The smallest absolute Gasteiger partial charge is 0.246 e. The summed E-state index contributed by atoms with van der Waals surface area (Å²) in [6.45, 7) is 7.47. The van der Waals surface area contributed by atoms with Gasteiger partial charge in [0.1, 0.15) is 12.4 Å². The van der Waals surface area contributed by atoms with E-state index in [1.54, 1.807) is 12.1 Å². The van der Waals surface area contributed by atoms with Crippen molar-refractivity contribution in [1.29, 1.82) is 0 Å². The standard InChI is InChI=1S/C14H20FNO2/c1-10(11-6-5-7-12(15)8-11)16-13(17)9-18-14(2,3)4/h5-8,10H,9H2,1-4H3,(H,16,17)/t10-/m0/s1. The fourth-order valence-corrected chi connectivity index (χ4v) is 1.42. The highest BCUT2D eigenvalue weighted by Gasteiger charge is 2.15. The molecule has 0 unspecified atom stereocenters. The zero-order valence-corrected chi connectivity index (χ0v) is 11.3. The second kappa shape index (κ2) is 5.96. The fourth-order valence-electron chi connectivity index (χ4n) is 1.42. The number of ether oxygens (including phenoxy) is 1. The number of hydrogen-bond donors (Lipinski definition) is 1. The first kappa shape index (κ1) is 14.6. The lowest BCUT2D eigenvalue weighted by Gasteiger charge is -2.20. The fraction of sp³-hybridized carbons (Fsp3) is 0.500. The largest absolute Gasteiger partial charge is 0.366 e. The number of rotatable bonds is 4. The molecule has 0 saturated carbocycles. The van der Waals surface area contributed by atoms with Gasteiger partial charge in [-0.3, -0.25) is 4.79 Å². The van der Waals surface area contributed by atoms with Gasteiger partial charge in [-0.1, -0.05) is 12.1 Å². The average molecular weight is 253 g/mol. The molecule has 4 heteroatoms. The monoisotopic (exact) mass is 253 g/mol. The van der Waals surface area contributed by atoms with Gasteiger partial charge in [-0.2, -0.15) is 0 Å². The Morgan fingerprint density at radius 3 is 2.67 bits per heavy atom. The number of benzene rings is 1. The summed E-state index contributed by atoms with van der Waals surface area (Å²) >= 11 is 0. The maximum absolute atomic E-state index is 13.0. The zero-order valence-electron chi connectivity index (χ0n) is 11.3. The molecule has 3 nitrogen and oxygen atoms in total. The summed E-state index contributed by atoms with van der Waals surface area (Å²) in [7, 11) is 0.